The van der Waals surface area contributed by atoms with Crippen molar-refractivity contribution in [2.45, 2.75) is 25.0 Å². The molecule has 1 aromatic carbocycles. The highest BCUT2D eigenvalue weighted by Crippen LogP contribution is 2.32. The number of ether oxygens (including phenoxy) is 1. The first-order valence-electron chi connectivity index (χ1n) is 8.97. The lowest BCUT2D eigenvalue weighted by Crippen LogP contribution is -2.59. The summed E-state index contributed by atoms with van der Waals surface area (Å²) in [6.45, 7) is 5.16. The van der Waals surface area contributed by atoms with E-state index < -0.39 is 0 Å². The number of nitrogens with zero attached hydrogens (tertiary/aromatic N) is 4. The predicted molar refractivity (Wildman–Crippen MR) is 95.0 cm³/mol. The molecule has 0 radical (unpaired) electrons. The van der Waals surface area contributed by atoms with E-state index in [0.29, 0.717) is 0 Å². The van der Waals surface area contributed by atoms with Crippen LogP contribution in [0.25, 0.3) is 0 Å². The van der Waals surface area contributed by atoms with Crippen molar-refractivity contribution in [2.24, 2.45) is 7.05 Å². The van der Waals surface area contributed by atoms with E-state index in [9.17, 15) is 4.39 Å². The van der Waals surface area contributed by atoms with Crippen LogP contribution < -0.4 is 4.90 Å². The largest absolute Gasteiger partial charge is 0.370 e. The number of aromatic nitrogens is 2. The van der Waals surface area contributed by atoms with Gasteiger partial charge < -0.3 is 14.2 Å². The molecule has 3 heterocycles. The maximum atomic E-state index is 13.6. The lowest BCUT2D eigenvalue weighted by atomic mass is 9.90. The van der Waals surface area contributed by atoms with Gasteiger partial charge in [0.05, 0.1) is 18.8 Å². The molecule has 134 valence electrons. The van der Waals surface area contributed by atoms with Gasteiger partial charge in [-0.2, -0.15) is 0 Å². The van der Waals surface area contributed by atoms with Crippen molar-refractivity contribution < 1.29 is 9.13 Å². The third-order valence-corrected chi connectivity index (χ3v) is 5.33. The Bertz CT molecular complexity index is 730. The van der Waals surface area contributed by atoms with Crippen molar-refractivity contribution in [3.63, 3.8) is 0 Å². The van der Waals surface area contributed by atoms with E-state index in [4.69, 9.17) is 4.74 Å². The van der Waals surface area contributed by atoms with Gasteiger partial charge in [0.25, 0.3) is 0 Å². The van der Waals surface area contributed by atoms with Gasteiger partial charge in [-0.05, 0) is 31.0 Å². The lowest BCUT2D eigenvalue weighted by molar-refractivity contribution is -0.116. The molecular weight excluding hydrogens is 319 g/mol. The summed E-state index contributed by atoms with van der Waals surface area (Å²) in [7, 11) is 2.03. The molecule has 0 aliphatic carbocycles. The fraction of sp³-hybridized carbons (Fsp3) is 0.526. The second-order valence-corrected chi connectivity index (χ2v) is 7.20. The van der Waals surface area contributed by atoms with Gasteiger partial charge in [0.15, 0.2) is 0 Å². The van der Waals surface area contributed by atoms with Gasteiger partial charge >= 0.3 is 0 Å². The number of morpholine rings is 1. The van der Waals surface area contributed by atoms with Crippen molar-refractivity contribution >= 4 is 5.69 Å². The number of anilines is 1. The van der Waals surface area contributed by atoms with Gasteiger partial charge in [-0.1, -0.05) is 6.07 Å². The highest BCUT2D eigenvalue weighted by atomic mass is 19.1. The molecule has 4 rings (SSSR count). The molecule has 2 aliphatic heterocycles. The van der Waals surface area contributed by atoms with Gasteiger partial charge in [-0.3, -0.25) is 4.90 Å². The number of hydrogen-bond acceptors (Lipinski definition) is 4. The minimum atomic E-state index is -0.182. The zero-order valence-corrected chi connectivity index (χ0v) is 14.7. The number of halogens is 1. The summed E-state index contributed by atoms with van der Waals surface area (Å²) in [5, 5.41) is 0. The van der Waals surface area contributed by atoms with Gasteiger partial charge in [0.1, 0.15) is 11.6 Å². The van der Waals surface area contributed by atoms with Crippen LogP contribution in [-0.2, 0) is 18.3 Å². The van der Waals surface area contributed by atoms with Crippen LogP contribution in [0.15, 0.2) is 36.7 Å². The molecule has 1 atom stereocenters. The van der Waals surface area contributed by atoms with Crippen LogP contribution in [0, 0.1) is 5.82 Å². The van der Waals surface area contributed by atoms with Crippen molar-refractivity contribution in [3.8, 4) is 0 Å². The Morgan fingerprint density at radius 1 is 1.28 bits per heavy atom. The summed E-state index contributed by atoms with van der Waals surface area (Å²) in [6, 6.07) is 6.88. The van der Waals surface area contributed by atoms with Crippen LogP contribution in [0.3, 0.4) is 0 Å². The van der Waals surface area contributed by atoms with E-state index in [2.05, 4.69) is 19.4 Å². The second-order valence-electron chi connectivity index (χ2n) is 7.20. The Kier molecular flexibility index (Phi) is 4.48. The minimum Gasteiger partial charge on any atom is -0.370 e. The monoisotopic (exact) mass is 344 g/mol. The number of rotatable bonds is 3. The Morgan fingerprint density at radius 2 is 2.20 bits per heavy atom. The minimum absolute atomic E-state index is 0.173. The smallest absolute Gasteiger partial charge is 0.125 e. The zero-order chi connectivity index (χ0) is 17.3. The first-order chi connectivity index (χ1) is 12.1. The molecule has 5 nitrogen and oxygen atoms in total. The first kappa shape index (κ1) is 16.5. The Balaban J connectivity index is 1.47. The third kappa shape index (κ3) is 3.55. The van der Waals surface area contributed by atoms with E-state index in [1.807, 2.05) is 25.5 Å². The molecule has 6 heteroatoms. The molecule has 0 saturated carbocycles. The topological polar surface area (TPSA) is 33.5 Å². The molecule has 2 aliphatic rings. The Labute approximate surface area is 148 Å². The highest BCUT2D eigenvalue weighted by Gasteiger charge is 2.40. The zero-order valence-electron chi connectivity index (χ0n) is 14.7. The number of piperidine rings is 1. The van der Waals surface area contributed by atoms with Crippen LogP contribution in [0.1, 0.15) is 18.7 Å². The molecule has 2 saturated heterocycles. The van der Waals surface area contributed by atoms with Crippen LogP contribution in [0.5, 0.6) is 0 Å². The van der Waals surface area contributed by atoms with Crippen LogP contribution in [0.4, 0.5) is 10.1 Å². The van der Waals surface area contributed by atoms with Crippen LogP contribution in [-0.4, -0.2) is 52.8 Å². The summed E-state index contributed by atoms with van der Waals surface area (Å²) in [5.41, 5.74) is 0.775. The standard InChI is InChI=1S/C19H25FN4O/c1-22-9-7-21-18(22)13-23-10-11-25-19(14-23)6-3-8-24(15-19)17-5-2-4-16(20)12-17/h2,4-5,7,9,12H,3,6,8,10-11,13-15H2,1H3/t19-/m0/s1. The first-order valence-corrected chi connectivity index (χ1v) is 8.97. The average Bonchev–Trinajstić information content (AvgIpc) is 3.00. The van der Waals surface area contributed by atoms with Gasteiger partial charge in [0, 0.05) is 51.3 Å². The fourth-order valence-electron chi connectivity index (χ4n) is 4.05. The molecule has 1 aromatic heterocycles. The van der Waals surface area contributed by atoms with Crippen molar-refractivity contribution in [1.82, 2.24) is 14.5 Å². The van der Waals surface area contributed by atoms with Crippen LogP contribution >= 0.6 is 0 Å². The predicted octanol–water partition coefficient (Wildman–Crippen LogP) is 2.43. The van der Waals surface area contributed by atoms with Gasteiger partial charge in [0.2, 0.25) is 0 Å². The average molecular weight is 344 g/mol. The number of hydrogen-bond donors (Lipinski definition) is 0. The quantitative estimate of drug-likeness (QED) is 0.856. The molecule has 0 amide bonds. The van der Waals surface area contributed by atoms with E-state index in [1.165, 1.54) is 6.07 Å². The summed E-state index contributed by atoms with van der Waals surface area (Å²) < 4.78 is 21.9. The van der Waals surface area contributed by atoms with E-state index in [-0.39, 0.29) is 11.4 Å². The Hall–Kier alpha value is -1.92. The molecule has 25 heavy (non-hydrogen) atoms. The van der Waals surface area contributed by atoms with Gasteiger partial charge in [-0.15, -0.1) is 0 Å². The number of imidazole rings is 1. The second kappa shape index (κ2) is 6.77. The van der Waals surface area contributed by atoms with Crippen molar-refractivity contribution in [3.05, 3.63) is 48.3 Å². The maximum Gasteiger partial charge on any atom is 0.125 e. The van der Waals surface area contributed by atoms with E-state index in [1.54, 1.807) is 12.1 Å². The van der Waals surface area contributed by atoms with Crippen molar-refractivity contribution in [1.29, 1.82) is 0 Å². The van der Waals surface area contributed by atoms with Gasteiger partial charge in [-0.25, -0.2) is 9.37 Å². The molecule has 0 bridgehead atoms. The SMILES string of the molecule is Cn1ccnc1CN1CCO[C@@]2(CCCN(c3cccc(F)c3)C2)C1. The van der Waals surface area contributed by atoms with Crippen molar-refractivity contribution in [2.75, 3.05) is 37.7 Å². The maximum absolute atomic E-state index is 13.6. The highest BCUT2D eigenvalue weighted by molar-refractivity contribution is 5.47. The summed E-state index contributed by atoms with van der Waals surface area (Å²) in [5.74, 6) is 0.896. The lowest BCUT2D eigenvalue weighted by Gasteiger charge is -2.48. The summed E-state index contributed by atoms with van der Waals surface area (Å²) in [6.07, 6.45) is 5.94. The molecule has 2 aromatic rings. The van der Waals surface area contributed by atoms with E-state index >= 15 is 0 Å². The molecule has 1 spiro atoms. The summed E-state index contributed by atoms with van der Waals surface area (Å²) >= 11 is 0. The third-order valence-electron chi connectivity index (χ3n) is 5.33. The molecular formula is C19H25FN4O. The fourth-order valence-corrected chi connectivity index (χ4v) is 4.05. The normalized spacial score (nSPS) is 24.8. The molecule has 0 N–H and O–H groups in total. The van der Waals surface area contributed by atoms with E-state index in [0.717, 1.165) is 63.7 Å². The van der Waals surface area contributed by atoms with Crippen LogP contribution in [0.2, 0.25) is 0 Å². The molecule has 0 unspecified atom stereocenters. The molecule has 2 fully saturated rings. The number of benzene rings is 1. The summed E-state index contributed by atoms with van der Waals surface area (Å²) in [4.78, 5) is 9.14. The Morgan fingerprint density at radius 3 is 3.00 bits per heavy atom. The number of aryl methyl sites for hydroxylation is 1.